The van der Waals surface area contributed by atoms with Crippen LogP contribution in [0.1, 0.15) is 5.56 Å². The maximum absolute atomic E-state index is 6.95. The first kappa shape index (κ1) is 5.22. The molecular weight excluding hydrogens is 130 g/mol. The van der Waals surface area contributed by atoms with Crippen molar-refractivity contribution in [2.75, 3.05) is 0 Å². The summed E-state index contributed by atoms with van der Waals surface area (Å²) < 4.78 is 4.93. The van der Waals surface area contributed by atoms with Crippen LogP contribution in [0.2, 0.25) is 0 Å². The monoisotopic (exact) mass is 135 g/mol. The van der Waals surface area contributed by atoms with E-state index in [1.54, 1.807) is 6.20 Å². The second-order valence-corrected chi connectivity index (χ2v) is 1.92. The van der Waals surface area contributed by atoms with Gasteiger partial charge in [0.1, 0.15) is 5.52 Å². The maximum Gasteiger partial charge on any atom is 0.225 e. The summed E-state index contributed by atoms with van der Waals surface area (Å²) in [6.45, 7) is 0. The van der Waals surface area contributed by atoms with Crippen molar-refractivity contribution < 1.29 is 4.42 Å². The number of H-pyrrole nitrogens is 1. The molecule has 0 aromatic carbocycles. The van der Waals surface area contributed by atoms with Gasteiger partial charge in [-0.25, -0.2) is 4.98 Å². The minimum atomic E-state index is 0.624. The molecule has 0 aliphatic rings. The molecule has 10 heavy (non-hydrogen) atoms. The Hall–Kier alpha value is -1.58. The van der Waals surface area contributed by atoms with E-state index in [9.17, 15) is 0 Å². The van der Waals surface area contributed by atoms with Crippen LogP contribution in [-0.2, 0) is 0 Å². The second-order valence-electron chi connectivity index (χ2n) is 1.92. The fourth-order valence-corrected chi connectivity index (χ4v) is 0.876. The van der Waals surface area contributed by atoms with Crippen molar-refractivity contribution in [1.29, 1.82) is 5.41 Å². The van der Waals surface area contributed by atoms with Gasteiger partial charge in [0.25, 0.3) is 0 Å². The number of aromatic amines is 1. The molecule has 4 nitrogen and oxygen atoms in total. The molecule has 0 fully saturated rings. The first-order valence-electron chi connectivity index (χ1n) is 2.83. The first-order chi connectivity index (χ1) is 4.92. The Bertz CT molecular complexity index is 360. The number of hydrogen-bond acceptors (Lipinski definition) is 3. The lowest BCUT2D eigenvalue weighted by atomic mass is 10.3. The van der Waals surface area contributed by atoms with Crippen LogP contribution in [0.4, 0.5) is 0 Å². The normalized spacial score (nSPS) is 10.4. The van der Waals surface area contributed by atoms with Crippen LogP contribution >= 0.6 is 0 Å². The van der Waals surface area contributed by atoms with Crippen molar-refractivity contribution in [3.05, 3.63) is 18.2 Å². The molecule has 2 heterocycles. The summed E-state index contributed by atoms with van der Waals surface area (Å²) in [7, 11) is 0. The molecule has 50 valence electrons. The Morgan fingerprint density at radius 1 is 1.70 bits per heavy atom. The van der Waals surface area contributed by atoms with Crippen LogP contribution < -0.4 is 0 Å². The molecule has 2 N–H and O–H groups in total. The predicted octanol–water partition coefficient (Wildman–Crippen LogP) is 1.15. The van der Waals surface area contributed by atoms with Crippen molar-refractivity contribution in [3.63, 3.8) is 0 Å². The van der Waals surface area contributed by atoms with Crippen molar-refractivity contribution in [2.24, 2.45) is 0 Å². The summed E-state index contributed by atoms with van der Waals surface area (Å²) in [6.07, 6.45) is 4.28. The van der Waals surface area contributed by atoms with Crippen LogP contribution in [0.25, 0.3) is 11.2 Å². The topological polar surface area (TPSA) is 65.7 Å². The number of rotatable bonds is 1. The molecule has 0 unspecified atom stereocenters. The predicted molar refractivity (Wildman–Crippen MR) is 36.2 cm³/mol. The number of oxazole rings is 1. The molecule has 2 aromatic heterocycles. The van der Waals surface area contributed by atoms with Gasteiger partial charge in [-0.15, -0.1) is 0 Å². The Kier molecular flexibility index (Phi) is 0.887. The van der Waals surface area contributed by atoms with Gasteiger partial charge in [-0.1, -0.05) is 0 Å². The largest absolute Gasteiger partial charge is 0.427 e. The zero-order valence-electron chi connectivity index (χ0n) is 5.09. The highest BCUT2D eigenvalue weighted by atomic mass is 16.3. The van der Waals surface area contributed by atoms with E-state index >= 15 is 0 Å². The smallest absolute Gasteiger partial charge is 0.225 e. The third kappa shape index (κ3) is 0.500. The van der Waals surface area contributed by atoms with E-state index in [0.717, 1.165) is 11.1 Å². The average molecular weight is 135 g/mol. The molecule has 0 spiro atoms. The minimum Gasteiger partial charge on any atom is -0.427 e. The zero-order valence-corrected chi connectivity index (χ0v) is 5.09. The summed E-state index contributed by atoms with van der Waals surface area (Å²) in [5, 5.41) is 6.95. The lowest BCUT2D eigenvalue weighted by Crippen LogP contribution is -1.72. The van der Waals surface area contributed by atoms with E-state index in [1.807, 2.05) is 0 Å². The Morgan fingerprint density at radius 2 is 2.60 bits per heavy atom. The minimum absolute atomic E-state index is 0.624. The number of fused-ring (bicyclic) bond motifs is 1. The summed E-state index contributed by atoms with van der Waals surface area (Å²) in [5.74, 6) is 0. The van der Waals surface area contributed by atoms with Crippen LogP contribution in [-0.4, -0.2) is 16.2 Å². The van der Waals surface area contributed by atoms with Crippen molar-refractivity contribution >= 4 is 17.4 Å². The first-order valence-corrected chi connectivity index (χ1v) is 2.83. The number of nitrogens with one attached hydrogen (secondary N) is 2. The van der Waals surface area contributed by atoms with E-state index in [2.05, 4.69) is 9.97 Å². The Labute approximate surface area is 56.4 Å². The van der Waals surface area contributed by atoms with E-state index in [4.69, 9.17) is 9.83 Å². The zero-order chi connectivity index (χ0) is 6.97. The second kappa shape index (κ2) is 1.70. The van der Waals surface area contributed by atoms with Gasteiger partial charge in [-0.2, -0.15) is 0 Å². The van der Waals surface area contributed by atoms with E-state index < -0.39 is 0 Å². The van der Waals surface area contributed by atoms with E-state index in [-0.39, 0.29) is 0 Å². The Morgan fingerprint density at radius 3 is 3.40 bits per heavy atom. The highest BCUT2D eigenvalue weighted by Crippen LogP contribution is 2.12. The molecule has 2 rings (SSSR count). The molecule has 0 aliphatic heterocycles. The van der Waals surface area contributed by atoms with Crippen LogP contribution in [0.5, 0.6) is 0 Å². The van der Waals surface area contributed by atoms with Crippen LogP contribution in [0.15, 0.2) is 17.0 Å². The molecule has 0 atom stereocenters. The van der Waals surface area contributed by atoms with Crippen molar-refractivity contribution in [1.82, 2.24) is 9.97 Å². The molecular formula is C6H5N3O. The lowest BCUT2D eigenvalue weighted by Gasteiger charge is -1.74. The highest BCUT2D eigenvalue weighted by molar-refractivity contribution is 5.93. The van der Waals surface area contributed by atoms with E-state index in [0.29, 0.717) is 5.71 Å². The van der Waals surface area contributed by atoms with Gasteiger partial charge in [0.05, 0.1) is 0 Å². The molecule has 4 heteroatoms. The van der Waals surface area contributed by atoms with Gasteiger partial charge in [0.15, 0.2) is 6.39 Å². The SMILES string of the molecule is N=Cc1c[nH]c2ocnc12. The molecule has 0 aliphatic carbocycles. The Balaban J connectivity index is 2.88. The maximum atomic E-state index is 6.95. The highest BCUT2D eigenvalue weighted by Gasteiger charge is 2.03. The molecule has 2 aromatic rings. The number of hydrogen-bond donors (Lipinski definition) is 2. The fourth-order valence-electron chi connectivity index (χ4n) is 0.876. The van der Waals surface area contributed by atoms with Gasteiger partial charge in [-0.3, -0.25) is 0 Å². The number of aromatic nitrogens is 2. The summed E-state index contributed by atoms with van der Waals surface area (Å²) in [4.78, 5) is 6.74. The standard InChI is InChI=1S/C6H5N3O/c7-1-4-2-8-6-5(4)9-3-10-6/h1-3,7-8H. The van der Waals surface area contributed by atoms with Gasteiger partial charge in [0.2, 0.25) is 5.71 Å². The van der Waals surface area contributed by atoms with Gasteiger partial charge in [-0.05, 0) is 0 Å². The third-order valence-electron chi connectivity index (χ3n) is 1.36. The van der Waals surface area contributed by atoms with Crippen LogP contribution in [0.3, 0.4) is 0 Å². The summed E-state index contributed by atoms with van der Waals surface area (Å²) in [6, 6.07) is 0. The molecule has 0 radical (unpaired) electrons. The quantitative estimate of drug-likeness (QED) is 0.576. The molecule has 0 saturated carbocycles. The van der Waals surface area contributed by atoms with Crippen LogP contribution in [0, 0.1) is 5.41 Å². The summed E-state index contributed by atoms with van der Waals surface area (Å²) >= 11 is 0. The summed E-state index contributed by atoms with van der Waals surface area (Å²) in [5.41, 5.74) is 2.09. The van der Waals surface area contributed by atoms with Crippen molar-refractivity contribution in [2.45, 2.75) is 0 Å². The number of nitrogens with zero attached hydrogens (tertiary/aromatic N) is 1. The van der Waals surface area contributed by atoms with Gasteiger partial charge >= 0.3 is 0 Å². The lowest BCUT2D eigenvalue weighted by molar-refractivity contribution is 0.591. The fraction of sp³-hybridized carbons (Fsp3) is 0. The third-order valence-corrected chi connectivity index (χ3v) is 1.36. The molecule has 0 amide bonds. The molecule has 0 bridgehead atoms. The van der Waals surface area contributed by atoms with E-state index in [1.165, 1.54) is 12.6 Å². The van der Waals surface area contributed by atoms with Gasteiger partial charge in [0, 0.05) is 18.0 Å². The van der Waals surface area contributed by atoms with Gasteiger partial charge < -0.3 is 14.8 Å². The average Bonchev–Trinajstić information content (AvgIpc) is 2.44. The molecule has 0 saturated heterocycles. The van der Waals surface area contributed by atoms with Crippen molar-refractivity contribution in [3.8, 4) is 0 Å².